The second-order valence-corrected chi connectivity index (χ2v) is 1.56. The van der Waals surface area contributed by atoms with E-state index in [0.29, 0.717) is 0 Å². The smallest absolute Gasteiger partial charge is 0.307 e. The van der Waals surface area contributed by atoms with Gasteiger partial charge in [-0.3, -0.25) is 4.79 Å². The fourth-order valence-corrected chi connectivity index (χ4v) is 0.321. The minimum atomic E-state index is -0.329. The third-order valence-electron chi connectivity index (χ3n) is 0.658. The first-order chi connectivity index (χ1) is 5.18. The van der Waals surface area contributed by atoms with Gasteiger partial charge in [-0.25, -0.2) is 0 Å². The second-order valence-electron chi connectivity index (χ2n) is 1.56. The molecule has 66 valence electrons. The van der Waals surface area contributed by atoms with Crippen LogP contribution >= 0.6 is 0 Å². The van der Waals surface area contributed by atoms with Crippen molar-refractivity contribution in [2.75, 3.05) is 13.2 Å². The topological polar surface area (TPSA) is 35.5 Å². The molecule has 0 aliphatic rings. The molecule has 0 rings (SSSR count). The van der Waals surface area contributed by atoms with E-state index in [-0.39, 0.29) is 5.97 Å². The number of carbonyl (C=O) groups is 1. The summed E-state index contributed by atoms with van der Waals surface area (Å²) in [6.45, 7) is 10.1. The van der Waals surface area contributed by atoms with Crippen LogP contribution in [-0.4, -0.2) is 19.2 Å². The van der Waals surface area contributed by atoms with E-state index >= 15 is 0 Å². The lowest BCUT2D eigenvalue weighted by atomic mass is 10.8. The zero-order valence-corrected chi connectivity index (χ0v) is 7.42. The summed E-state index contributed by atoms with van der Waals surface area (Å²) in [5.74, 6) is -0.329. The van der Waals surface area contributed by atoms with Crippen molar-refractivity contribution in [2.24, 2.45) is 0 Å². The van der Waals surface area contributed by atoms with Crippen LogP contribution in [0.5, 0.6) is 0 Å². The maximum absolute atomic E-state index is 9.75. The Morgan fingerprint density at radius 2 is 1.91 bits per heavy atom. The molecule has 0 unspecified atom stereocenters. The quantitative estimate of drug-likeness (QED) is 0.466. The van der Waals surface area contributed by atoms with Crippen LogP contribution in [0.25, 0.3) is 0 Å². The predicted molar refractivity (Wildman–Crippen MR) is 44.1 cm³/mol. The van der Waals surface area contributed by atoms with Crippen LogP contribution in [-0.2, 0) is 14.3 Å². The van der Waals surface area contributed by atoms with Crippen molar-refractivity contribution in [2.45, 2.75) is 20.8 Å². The molecule has 3 nitrogen and oxygen atoms in total. The SMILES string of the molecule is C=COC(C)=O.CCOCC. The summed E-state index contributed by atoms with van der Waals surface area (Å²) in [6, 6.07) is 0. The van der Waals surface area contributed by atoms with Gasteiger partial charge in [0.05, 0.1) is 6.26 Å². The highest BCUT2D eigenvalue weighted by Crippen LogP contribution is 1.70. The van der Waals surface area contributed by atoms with E-state index in [9.17, 15) is 4.79 Å². The van der Waals surface area contributed by atoms with Crippen LogP contribution in [0.15, 0.2) is 12.8 Å². The van der Waals surface area contributed by atoms with Gasteiger partial charge >= 0.3 is 5.97 Å². The van der Waals surface area contributed by atoms with Crippen LogP contribution in [0.4, 0.5) is 0 Å². The lowest BCUT2D eigenvalue weighted by Crippen LogP contribution is -1.87. The molecule has 0 N–H and O–H groups in total. The number of rotatable bonds is 3. The lowest BCUT2D eigenvalue weighted by Gasteiger charge is -1.86. The average molecular weight is 160 g/mol. The van der Waals surface area contributed by atoms with Gasteiger partial charge in [0.25, 0.3) is 0 Å². The van der Waals surface area contributed by atoms with Crippen LogP contribution in [0.2, 0.25) is 0 Å². The Hall–Kier alpha value is -0.830. The summed E-state index contributed by atoms with van der Waals surface area (Å²) in [5.41, 5.74) is 0. The summed E-state index contributed by atoms with van der Waals surface area (Å²) < 4.78 is 9.00. The largest absolute Gasteiger partial charge is 0.435 e. The molecule has 0 fully saturated rings. The van der Waals surface area contributed by atoms with Crippen LogP contribution in [0.3, 0.4) is 0 Å². The molecule has 0 bridgehead atoms. The third-order valence-corrected chi connectivity index (χ3v) is 0.658. The number of hydrogen-bond acceptors (Lipinski definition) is 3. The van der Waals surface area contributed by atoms with Crippen LogP contribution < -0.4 is 0 Å². The molecule has 0 spiro atoms. The van der Waals surface area contributed by atoms with Gasteiger partial charge in [0.1, 0.15) is 0 Å². The first-order valence-corrected chi connectivity index (χ1v) is 3.54. The Kier molecular flexibility index (Phi) is 13.9. The first kappa shape index (κ1) is 12.8. The molecule has 0 aromatic carbocycles. The maximum atomic E-state index is 9.75. The molecule has 0 heterocycles. The molecular formula is C8H16O3. The molecular weight excluding hydrogens is 144 g/mol. The second kappa shape index (κ2) is 11.9. The predicted octanol–water partition coefficient (Wildman–Crippen LogP) is 1.74. The zero-order valence-electron chi connectivity index (χ0n) is 7.42. The standard InChI is InChI=1S/C4H6O2.C4H10O/c1-3-6-4(2)5;1-3-5-4-2/h3H,1H2,2H3;3-4H2,1-2H3. The molecule has 0 aliphatic carbocycles. The van der Waals surface area contributed by atoms with Gasteiger partial charge in [0.2, 0.25) is 0 Å². The van der Waals surface area contributed by atoms with Gasteiger partial charge in [-0.05, 0) is 13.8 Å². The first-order valence-electron chi connectivity index (χ1n) is 3.54. The monoisotopic (exact) mass is 160 g/mol. The van der Waals surface area contributed by atoms with E-state index in [1.54, 1.807) is 0 Å². The van der Waals surface area contributed by atoms with E-state index in [4.69, 9.17) is 4.74 Å². The van der Waals surface area contributed by atoms with E-state index in [1.807, 2.05) is 13.8 Å². The van der Waals surface area contributed by atoms with Crippen LogP contribution in [0, 0.1) is 0 Å². The fraction of sp³-hybridized carbons (Fsp3) is 0.625. The molecule has 0 radical (unpaired) electrons. The normalized spacial score (nSPS) is 7.55. The summed E-state index contributed by atoms with van der Waals surface area (Å²) in [5, 5.41) is 0. The summed E-state index contributed by atoms with van der Waals surface area (Å²) in [4.78, 5) is 9.75. The van der Waals surface area contributed by atoms with E-state index < -0.39 is 0 Å². The van der Waals surface area contributed by atoms with E-state index in [0.717, 1.165) is 19.5 Å². The molecule has 0 atom stereocenters. The fourth-order valence-electron chi connectivity index (χ4n) is 0.321. The maximum Gasteiger partial charge on any atom is 0.307 e. The molecule has 0 aromatic heterocycles. The molecule has 0 saturated carbocycles. The lowest BCUT2D eigenvalue weighted by molar-refractivity contribution is -0.135. The number of esters is 1. The van der Waals surface area contributed by atoms with Crippen molar-refractivity contribution < 1.29 is 14.3 Å². The molecule has 0 aromatic rings. The van der Waals surface area contributed by atoms with Gasteiger partial charge in [0.15, 0.2) is 0 Å². The summed E-state index contributed by atoms with van der Waals surface area (Å²) in [6.07, 6.45) is 1.10. The van der Waals surface area contributed by atoms with Gasteiger partial charge in [-0.2, -0.15) is 0 Å². The molecule has 3 heteroatoms. The summed E-state index contributed by atoms with van der Waals surface area (Å²) >= 11 is 0. The minimum Gasteiger partial charge on any atom is -0.435 e. The number of hydrogen-bond donors (Lipinski definition) is 0. The van der Waals surface area contributed by atoms with Gasteiger partial charge < -0.3 is 9.47 Å². The van der Waals surface area contributed by atoms with Gasteiger partial charge in [-0.1, -0.05) is 6.58 Å². The van der Waals surface area contributed by atoms with Crippen molar-refractivity contribution in [3.8, 4) is 0 Å². The highest BCUT2D eigenvalue weighted by Gasteiger charge is 1.79. The Labute approximate surface area is 68.0 Å². The Morgan fingerprint density at radius 1 is 1.45 bits per heavy atom. The number of ether oxygens (including phenoxy) is 2. The molecule has 0 amide bonds. The van der Waals surface area contributed by atoms with Crippen molar-refractivity contribution in [3.63, 3.8) is 0 Å². The van der Waals surface area contributed by atoms with Crippen molar-refractivity contribution in [3.05, 3.63) is 12.8 Å². The minimum absolute atomic E-state index is 0.329. The molecule has 0 saturated heterocycles. The van der Waals surface area contributed by atoms with Crippen molar-refractivity contribution in [1.29, 1.82) is 0 Å². The average Bonchev–Trinajstić information content (AvgIpc) is 1.90. The summed E-state index contributed by atoms with van der Waals surface area (Å²) in [7, 11) is 0. The highest BCUT2D eigenvalue weighted by molar-refractivity contribution is 5.66. The number of carbonyl (C=O) groups excluding carboxylic acids is 1. The van der Waals surface area contributed by atoms with Crippen molar-refractivity contribution in [1.82, 2.24) is 0 Å². The van der Waals surface area contributed by atoms with Crippen LogP contribution in [0.1, 0.15) is 20.8 Å². The molecule has 11 heavy (non-hydrogen) atoms. The Bertz CT molecular complexity index is 97.5. The Balaban J connectivity index is 0. The Morgan fingerprint density at radius 3 is 1.91 bits per heavy atom. The van der Waals surface area contributed by atoms with Crippen molar-refractivity contribution >= 4 is 5.97 Å². The van der Waals surface area contributed by atoms with Gasteiger partial charge in [-0.15, -0.1) is 0 Å². The zero-order chi connectivity index (χ0) is 9.11. The third kappa shape index (κ3) is 27.1. The van der Waals surface area contributed by atoms with E-state index in [2.05, 4.69) is 11.3 Å². The molecule has 0 aliphatic heterocycles. The van der Waals surface area contributed by atoms with Gasteiger partial charge in [0, 0.05) is 20.1 Å². The van der Waals surface area contributed by atoms with E-state index in [1.165, 1.54) is 6.92 Å². The highest BCUT2D eigenvalue weighted by atomic mass is 16.5.